The highest BCUT2D eigenvalue weighted by Gasteiger charge is 2.22. The summed E-state index contributed by atoms with van der Waals surface area (Å²) in [6.07, 6.45) is 0. The van der Waals surface area contributed by atoms with Crippen LogP contribution in [0.25, 0.3) is 122 Å². The molecule has 0 aliphatic carbocycles. The van der Waals surface area contributed by atoms with Crippen molar-refractivity contribution in [1.29, 1.82) is 0 Å². The first-order valence-corrected chi connectivity index (χ1v) is 21.2. The summed E-state index contributed by atoms with van der Waals surface area (Å²) in [7, 11) is 0. The van der Waals surface area contributed by atoms with Crippen LogP contribution < -0.4 is 0 Å². The Hall–Kier alpha value is -8.61. The van der Waals surface area contributed by atoms with Gasteiger partial charge in [0.25, 0.3) is 0 Å². The van der Waals surface area contributed by atoms with Gasteiger partial charge in [-0.05, 0) is 60.2 Å². The van der Waals surface area contributed by atoms with Gasteiger partial charge < -0.3 is 13.6 Å². The van der Waals surface area contributed by atoms with Crippen molar-refractivity contribution in [3.8, 4) is 56.7 Å². The van der Waals surface area contributed by atoms with Gasteiger partial charge in [0.1, 0.15) is 5.58 Å². The van der Waals surface area contributed by atoms with Crippen LogP contribution in [0.3, 0.4) is 0 Å². The van der Waals surface area contributed by atoms with Crippen LogP contribution in [0, 0.1) is 0 Å². The molecular weight excluding hydrogens is 771 g/mol. The van der Waals surface area contributed by atoms with Gasteiger partial charge in [-0.3, -0.25) is 0 Å². The van der Waals surface area contributed by atoms with Gasteiger partial charge in [-0.1, -0.05) is 158 Å². The molecule has 0 amide bonds. The molecule has 6 nitrogen and oxygen atoms in total. The lowest BCUT2D eigenvalue weighted by molar-refractivity contribution is 0.671. The van der Waals surface area contributed by atoms with Gasteiger partial charge in [-0.25, -0.2) is 15.0 Å². The first-order chi connectivity index (χ1) is 31.2. The molecule has 13 rings (SSSR count). The minimum atomic E-state index is 0.609. The molecule has 0 atom stereocenters. The lowest BCUT2D eigenvalue weighted by atomic mass is 9.99. The van der Waals surface area contributed by atoms with Crippen molar-refractivity contribution in [3.63, 3.8) is 0 Å². The second kappa shape index (κ2) is 14.0. The van der Waals surface area contributed by atoms with E-state index in [0.29, 0.717) is 17.5 Å². The fourth-order valence-electron chi connectivity index (χ4n) is 9.52. The fraction of sp³-hybridized carbons (Fsp3) is 0. The van der Waals surface area contributed by atoms with E-state index >= 15 is 0 Å². The number of fused-ring (bicyclic) bond motifs is 10. The maximum atomic E-state index is 6.96. The number of furan rings is 1. The molecule has 0 N–H and O–H groups in total. The monoisotopic (exact) mass is 805 g/mol. The van der Waals surface area contributed by atoms with E-state index in [0.717, 1.165) is 77.4 Å². The summed E-state index contributed by atoms with van der Waals surface area (Å²) in [4.78, 5) is 15.1. The van der Waals surface area contributed by atoms with E-state index in [2.05, 4.69) is 161 Å². The largest absolute Gasteiger partial charge is 0.454 e. The summed E-state index contributed by atoms with van der Waals surface area (Å²) >= 11 is 0. The van der Waals surface area contributed by atoms with Gasteiger partial charge in [-0.15, -0.1) is 0 Å². The number of hydrogen-bond acceptors (Lipinski definition) is 4. The number of hydrogen-bond donors (Lipinski definition) is 0. The molecule has 294 valence electrons. The predicted molar refractivity (Wildman–Crippen MR) is 258 cm³/mol. The van der Waals surface area contributed by atoms with Gasteiger partial charge in [0.2, 0.25) is 0 Å². The lowest BCUT2D eigenvalue weighted by Crippen LogP contribution is -2.00. The molecule has 63 heavy (non-hydrogen) atoms. The van der Waals surface area contributed by atoms with E-state index in [4.69, 9.17) is 19.4 Å². The molecule has 0 aliphatic heterocycles. The molecule has 4 aromatic heterocycles. The Morgan fingerprint density at radius 1 is 0.317 bits per heavy atom. The fourth-order valence-corrected chi connectivity index (χ4v) is 9.52. The van der Waals surface area contributed by atoms with Crippen molar-refractivity contribution in [2.24, 2.45) is 0 Å². The second-order valence-electron chi connectivity index (χ2n) is 16.0. The van der Waals surface area contributed by atoms with E-state index in [9.17, 15) is 0 Å². The Bertz CT molecular complexity index is 3830. The van der Waals surface area contributed by atoms with Crippen LogP contribution in [0.4, 0.5) is 0 Å². The third-order valence-electron chi connectivity index (χ3n) is 12.4. The Morgan fingerprint density at radius 3 is 1.51 bits per heavy atom. The first kappa shape index (κ1) is 35.2. The average molecular weight is 806 g/mol. The zero-order chi connectivity index (χ0) is 41.4. The molecule has 0 bridgehead atoms. The average Bonchev–Trinajstić information content (AvgIpc) is 4.02. The number of nitrogens with zero attached hydrogens (tertiary/aromatic N) is 5. The van der Waals surface area contributed by atoms with Crippen LogP contribution in [0.5, 0.6) is 0 Å². The maximum absolute atomic E-state index is 6.96. The highest BCUT2D eigenvalue weighted by molar-refractivity contribution is 6.22. The Kier molecular flexibility index (Phi) is 7.80. The Labute approximate surface area is 361 Å². The quantitative estimate of drug-likeness (QED) is 0.168. The molecule has 0 radical (unpaired) electrons. The summed E-state index contributed by atoms with van der Waals surface area (Å²) in [6, 6.07) is 74.4. The van der Waals surface area contributed by atoms with Gasteiger partial charge in [0.15, 0.2) is 23.1 Å². The van der Waals surface area contributed by atoms with Crippen LogP contribution in [0.1, 0.15) is 0 Å². The molecule has 4 heterocycles. The van der Waals surface area contributed by atoms with E-state index in [-0.39, 0.29) is 0 Å². The zero-order valence-corrected chi connectivity index (χ0v) is 33.9. The minimum absolute atomic E-state index is 0.609. The summed E-state index contributed by atoms with van der Waals surface area (Å²) in [6.45, 7) is 0. The van der Waals surface area contributed by atoms with Crippen LogP contribution in [-0.4, -0.2) is 24.1 Å². The topological polar surface area (TPSA) is 61.7 Å². The number of para-hydroxylation sites is 4. The van der Waals surface area contributed by atoms with E-state index in [1.165, 1.54) is 27.4 Å². The van der Waals surface area contributed by atoms with Crippen molar-refractivity contribution in [2.45, 2.75) is 0 Å². The van der Waals surface area contributed by atoms with Crippen molar-refractivity contribution in [3.05, 3.63) is 212 Å². The van der Waals surface area contributed by atoms with Crippen molar-refractivity contribution >= 4 is 65.6 Å². The standard InChI is InChI=1S/C57H35N5O/c1-5-16-36(17-6-1)55-58-56(37-18-7-2-8-19-37)60-57(59-55)39-28-30-44-46-31-32-47-48-34-38(29-33-51(48)63-54(47)53(46)62(50(44)35-39)41-22-11-4-12-23-41)42-25-15-26-45-43-24-13-14-27-49(43)61(52(42)45)40-20-9-3-10-21-40/h1-35H. The smallest absolute Gasteiger partial charge is 0.164 e. The van der Waals surface area contributed by atoms with Gasteiger partial charge >= 0.3 is 0 Å². The van der Waals surface area contributed by atoms with Crippen LogP contribution >= 0.6 is 0 Å². The summed E-state index contributed by atoms with van der Waals surface area (Å²) in [5.74, 6) is 1.87. The van der Waals surface area contributed by atoms with Crippen molar-refractivity contribution in [1.82, 2.24) is 24.1 Å². The molecule has 6 heteroatoms. The summed E-state index contributed by atoms with van der Waals surface area (Å²) < 4.78 is 11.7. The van der Waals surface area contributed by atoms with E-state index < -0.39 is 0 Å². The van der Waals surface area contributed by atoms with Crippen LogP contribution in [0.15, 0.2) is 217 Å². The highest BCUT2D eigenvalue weighted by atomic mass is 16.3. The summed E-state index contributed by atoms with van der Waals surface area (Å²) in [5, 5.41) is 6.81. The molecule has 0 aliphatic rings. The second-order valence-corrected chi connectivity index (χ2v) is 16.0. The normalized spacial score (nSPS) is 11.8. The van der Waals surface area contributed by atoms with Crippen LogP contribution in [0.2, 0.25) is 0 Å². The van der Waals surface area contributed by atoms with Crippen LogP contribution in [-0.2, 0) is 0 Å². The van der Waals surface area contributed by atoms with Gasteiger partial charge in [0.05, 0.1) is 22.1 Å². The van der Waals surface area contributed by atoms with Gasteiger partial charge in [0, 0.05) is 65.9 Å². The zero-order valence-electron chi connectivity index (χ0n) is 33.9. The van der Waals surface area contributed by atoms with Crippen molar-refractivity contribution in [2.75, 3.05) is 0 Å². The highest BCUT2D eigenvalue weighted by Crippen LogP contribution is 2.44. The molecule has 0 fully saturated rings. The molecule has 0 saturated heterocycles. The number of rotatable bonds is 6. The molecule has 9 aromatic carbocycles. The third kappa shape index (κ3) is 5.55. The lowest BCUT2D eigenvalue weighted by Gasteiger charge is -2.11. The SMILES string of the molecule is c1ccc(-c2nc(-c3ccccc3)nc(-c3ccc4c5ccc6c7cc(-c8cccc9c%10ccccc%10n(-c%10ccccc%10)c89)ccc7oc6c5n(-c5ccccc5)c4c3)n2)cc1. The molecule has 0 spiro atoms. The minimum Gasteiger partial charge on any atom is -0.454 e. The Morgan fingerprint density at radius 2 is 0.825 bits per heavy atom. The van der Waals surface area contributed by atoms with Gasteiger partial charge in [-0.2, -0.15) is 0 Å². The van der Waals surface area contributed by atoms with E-state index in [1.807, 2.05) is 60.7 Å². The molecule has 13 aromatic rings. The number of aromatic nitrogens is 5. The van der Waals surface area contributed by atoms with Crippen molar-refractivity contribution < 1.29 is 4.42 Å². The molecule has 0 saturated carbocycles. The number of benzene rings is 9. The maximum Gasteiger partial charge on any atom is 0.164 e. The Balaban J connectivity index is 1.03. The predicted octanol–water partition coefficient (Wildman–Crippen LogP) is 14.6. The third-order valence-corrected chi connectivity index (χ3v) is 12.4. The molecular formula is C57H35N5O. The first-order valence-electron chi connectivity index (χ1n) is 21.2. The summed E-state index contributed by atoms with van der Waals surface area (Å²) in [5.41, 5.74) is 13.3. The molecule has 0 unspecified atom stereocenters. The van der Waals surface area contributed by atoms with E-state index in [1.54, 1.807) is 0 Å².